The van der Waals surface area contributed by atoms with E-state index in [4.69, 9.17) is 9.47 Å². The van der Waals surface area contributed by atoms with Crippen LogP contribution in [0.25, 0.3) is 0 Å². The number of nitrogens with one attached hydrogen (secondary N) is 1. The van der Waals surface area contributed by atoms with Gasteiger partial charge in [-0.15, -0.1) is 0 Å². The number of hydrazone groups is 1. The molecule has 0 spiro atoms. The third-order valence-electron chi connectivity index (χ3n) is 3.48. The number of sulfonamides is 1. The highest BCUT2D eigenvalue weighted by Gasteiger charge is 2.22. The van der Waals surface area contributed by atoms with Crippen molar-refractivity contribution in [1.82, 2.24) is 4.83 Å². The summed E-state index contributed by atoms with van der Waals surface area (Å²) in [6.45, 7) is 1.90. The summed E-state index contributed by atoms with van der Waals surface area (Å²) in [4.78, 5) is 22.2. The number of rotatable bonds is 9. The summed E-state index contributed by atoms with van der Waals surface area (Å²) in [6, 6.07) is 6.93. The van der Waals surface area contributed by atoms with Crippen LogP contribution in [0.1, 0.15) is 12.5 Å². The largest absolute Gasteiger partial charge is 0.490 e. The number of hydrogen-bond donors (Lipinski definition) is 1. The van der Waals surface area contributed by atoms with Gasteiger partial charge in [-0.05, 0) is 19.1 Å². The van der Waals surface area contributed by atoms with Crippen molar-refractivity contribution >= 4 is 27.6 Å². The molecule has 12 nitrogen and oxygen atoms in total. The lowest BCUT2D eigenvalue weighted by Crippen LogP contribution is -2.18. The Labute approximate surface area is 165 Å². The molecule has 1 N–H and O–H groups in total. The van der Waals surface area contributed by atoms with E-state index in [9.17, 15) is 28.6 Å². The molecule has 0 saturated carbocycles. The van der Waals surface area contributed by atoms with Crippen LogP contribution in [0.2, 0.25) is 0 Å². The molecule has 2 aromatic rings. The number of benzene rings is 2. The molecule has 0 heterocycles. The Hall–Kier alpha value is -3.74. The van der Waals surface area contributed by atoms with Crippen molar-refractivity contribution in [3.63, 3.8) is 0 Å². The third-order valence-corrected chi connectivity index (χ3v) is 4.70. The third kappa shape index (κ3) is 5.16. The Morgan fingerprint density at radius 3 is 2.48 bits per heavy atom. The minimum Gasteiger partial charge on any atom is -0.490 e. The normalized spacial score (nSPS) is 11.2. The number of ether oxygens (including phenoxy) is 2. The van der Waals surface area contributed by atoms with Gasteiger partial charge in [0, 0.05) is 23.8 Å². The topological polar surface area (TPSA) is 163 Å². The molecule has 0 radical (unpaired) electrons. The van der Waals surface area contributed by atoms with Gasteiger partial charge in [0.2, 0.25) is 5.75 Å². The maximum atomic E-state index is 12.2. The van der Waals surface area contributed by atoms with Gasteiger partial charge in [0.15, 0.2) is 5.75 Å². The smallest absolute Gasteiger partial charge is 0.315 e. The maximum absolute atomic E-state index is 12.2. The minimum atomic E-state index is -4.19. The number of hydrogen-bond acceptors (Lipinski definition) is 9. The molecule has 13 heteroatoms. The summed E-state index contributed by atoms with van der Waals surface area (Å²) in [5.74, 6) is 0.0124. The molecule has 2 rings (SSSR count). The van der Waals surface area contributed by atoms with Gasteiger partial charge in [-0.3, -0.25) is 20.2 Å². The molecule has 0 fully saturated rings. The fourth-order valence-electron chi connectivity index (χ4n) is 2.27. The molecule has 2 aromatic carbocycles. The standard InChI is InChI=1S/C16H16N4O8S/c1-3-28-15-8-11(7-14(20(23)24)16(15)27-2)10-17-18-29(25,26)13-6-4-5-12(9-13)19(21)22/h4-10,18H,3H2,1-2H3/b17-10+. The number of nitro benzene ring substituents is 2. The molecule has 0 aliphatic carbocycles. The van der Waals surface area contributed by atoms with Gasteiger partial charge in [0.25, 0.3) is 15.7 Å². The molecule has 0 aliphatic heterocycles. The highest BCUT2D eigenvalue weighted by atomic mass is 32.2. The Kier molecular flexibility index (Phi) is 6.67. The first kappa shape index (κ1) is 21.6. The lowest BCUT2D eigenvalue weighted by Gasteiger charge is -2.10. The van der Waals surface area contributed by atoms with Crippen LogP contribution in [0, 0.1) is 20.2 Å². The monoisotopic (exact) mass is 424 g/mol. The predicted octanol–water partition coefficient (Wildman–Crippen LogP) is 2.22. The van der Waals surface area contributed by atoms with Crippen LogP contribution >= 0.6 is 0 Å². The minimum absolute atomic E-state index is 0.0776. The Bertz CT molecular complexity index is 1070. The molecule has 29 heavy (non-hydrogen) atoms. The summed E-state index contributed by atoms with van der Waals surface area (Å²) < 4.78 is 34.8. The van der Waals surface area contributed by atoms with E-state index in [1.54, 1.807) is 6.92 Å². The van der Waals surface area contributed by atoms with Gasteiger partial charge in [-0.1, -0.05) is 6.07 Å². The molecule has 0 aromatic heterocycles. The molecular weight excluding hydrogens is 408 g/mol. The Morgan fingerprint density at radius 2 is 1.90 bits per heavy atom. The fraction of sp³-hybridized carbons (Fsp3) is 0.188. The Balaban J connectivity index is 2.32. The quantitative estimate of drug-likeness (QED) is 0.364. The van der Waals surface area contributed by atoms with Crippen LogP contribution in [0.3, 0.4) is 0 Å². The SMILES string of the molecule is CCOc1cc(/C=N/NS(=O)(=O)c2cccc([N+](=O)[O-])c2)cc([N+](=O)[O-])c1OC. The second-order valence-electron chi connectivity index (χ2n) is 5.37. The van der Waals surface area contributed by atoms with E-state index in [0.717, 1.165) is 30.5 Å². The first-order valence-corrected chi connectivity index (χ1v) is 9.46. The average Bonchev–Trinajstić information content (AvgIpc) is 2.67. The first-order valence-electron chi connectivity index (χ1n) is 7.98. The summed E-state index contributed by atoms with van der Waals surface area (Å²) in [5.41, 5.74) is -0.617. The van der Waals surface area contributed by atoms with Crippen molar-refractivity contribution in [2.45, 2.75) is 11.8 Å². The predicted molar refractivity (Wildman–Crippen MR) is 102 cm³/mol. The van der Waals surface area contributed by atoms with Crippen molar-refractivity contribution < 1.29 is 27.7 Å². The van der Waals surface area contributed by atoms with E-state index in [-0.39, 0.29) is 34.3 Å². The van der Waals surface area contributed by atoms with Gasteiger partial charge in [-0.2, -0.15) is 13.5 Å². The molecule has 0 saturated heterocycles. The van der Waals surface area contributed by atoms with Gasteiger partial charge in [0.05, 0.1) is 34.7 Å². The lowest BCUT2D eigenvalue weighted by atomic mass is 10.2. The van der Waals surface area contributed by atoms with Crippen LogP contribution in [0.15, 0.2) is 46.4 Å². The van der Waals surface area contributed by atoms with Gasteiger partial charge in [-0.25, -0.2) is 4.83 Å². The van der Waals surface area contributed by atoms with Gasteiger partial charge < -0.3 is 9.47 Å². The molecule has 0 bridgehead atoms. The molecule has 154 valence electrons. The maximum Gasteiger partial charge on any atom is 0.315 e. The highest BCUT2D eigenvalue weighted by Crippen LogP contribution is 2.37. The van der Waals surface area contributed by atoms with Crippen molar-refractivity contribution in [2.75, 3.05) is 13.7 Å². The second-order valence-corrected chi connectivity index (χ2v) is 7.03. The second kappa shape index (κ2) is 8.97. The number of non-ortho nitro benzene ring substituents is 1. The van der Waals surface area contributed by atoms with E-state index >= 15 is 0 Å². The van der Waals surface area contributed by atoms with E-state index in [1.807, 2.05) is 4.83 Å². The zero-order valence-electron chi connectivity index (χ0n) is 15.3. The van der Waals surface area contributed by atoms with Crippen LogP contribution < -0.4 is 14.3 Å². The average molecular weight is 424 g/mol. The van der Waals surface area contributed by atoms with Crippen molar-refractivity contribution in [1.29, 1.82) is 0 Å². The number of nitrogens with zero attached hydrogens (tertiary/aromatic N) is 3. The summed E-state index contributed by atoms with van der Waals surface area (Å²) in [7, 11) is -2.93. The highest BCUT2D eigenvalue weighted by molar-refractivity contribution is 7.89. The van der Waals surface area contributed by atoms with Crippen molar-refractivity contribution in [2.24, 2.45) is 5.10 Å². The zero-order chi connectivity index (χ0) is 21.6. The van der Waals surface area contributed by atoms with E-state index in [0.29, 0.717) is 0 Å². The van der Waals surface area contributed by atoms with E-state index in [2.05, 4.69) is 5.10 Å². The lowest BCUT2D eigenvalue weighted by molar-refractivity contribution is -0.385. The number of nitro groups is 2. The van der Waals surface area contributed by atoms with Gasteiger partial charge in [0.1, 0.15) is 0 Å². The van der Waals surface area contributed by atoms with E-state index < -0.39 is 25.6 Å². The van der Waals surface area contributed by atoms with Crippen LogP contribution in [0.5, 0.6) is 11.5 Å². The van der Waals surface area contributed by atoms with Gasteiger partial charge >= 0.3 is 5.69 Å². The zero-order valence-corrected chi connectivity index (χ0v) is 16.1. The number of methoxy groups -OCH3 is 1. The van der Waals surface area contributed by atoms with Crippen molar-refractivity contribution in [3.05, 3.63) is 62.2 Å². The molecule has 0 aliphatic rings. The summed E-state index contributed by atoms with van der Waals surface area (Å²) in [6.07, 6.45) is 1.03. The van der Waals surface area contributed by atoms with Crippen LogP contribution in [0.4, 0.5) is 11.4 Å². The molecule has 0 atom stereocenters. The summed E-state index contributed by atoms with van der Waals surface area (Å²) >= 11 is 0. The fourth-order valence-corrected chi connectivity index (χ4v) is 3.10. The molecule has 0 unspecified atom stereocenters. The van der Waals surface area contributed by atoms with Crippen LogP contribution in [-0.2, 0) is 10.0 Å². The van der Waals surface area contributed by atoms with Crippen molar-refractivity contribution in [3.8, 4) is 11.5 Å². The van der Waals surface area contributed by atoms with Crippen LogP contribution in [-0.4, -0.2) is 38.2 Å². The summed E-state index contributed by atoms with van der Waals surface area (Å²) in [5, 5.41) is 25.6. The molecular formula is C16H16N4O8S. The van der Waals surface area contributed by atoms with E-state index in [1.165, 1.54) is 19.2 Å². The first-order chi connectivity index (χ1) is 13.7. The molecule has 0 amide bonds. The Morgan fingerprint density at radius 1 is 1.17 bits per heavy atom.